The summed E-state index contributed by atoms with van der Waals surface area (Å²) in [6.07, 6.45) is 2.04. The Bertz CT molecular complexity index is 467. The molecule has 0 aliphatic carbocycles. The maximum atomic E-state index is 11.0. The molecule has 2 heterocycles. The van der Waals surface area contributed by atoms with Crippen molar-refractivity contribution >= 4 is 17.3 Å². The van der Waals surface area contributed by atoms with E-state index in [0.29, 0.717) is 0 Å². The number of hydrogen-bond donors (Lipinski definition) is 1. The van der Waals surface area contributed by atoms with Crippen molar-refractivity contribution in [3.05, 3.63) is 15.6 Å². The van der Waals surface area contributed by atoms with Gasteiger partial charge in [-0.1, -0.05) is 13.8 Å². The molecule has 1 saturated heterocycles. The second-order valence-electron chi connectivity index (χ2n) is 5.51. The first kappa shape index (κ1) is 16.4. The third-order valence-corrected chi connectivity index (χ3v) is 5.03. The Morgan fingerprint density at radius 1 is 1.24 bits per heavy atom. The van der Waals surface area contributed by atoms with Gasteiger partial charge in [0.25, 0.3) is 0 Å². The molecule has 0 aromatic carbocycles. The number of rotatable bonds is 7. The van der Waals surface area contributed by atoms with Gasteiger partial charge >= 0.3 is 5.97 Å². The molecule has 21 heavy (non-hydrogen) atoms. The lowest BCUT2D eigenvalue weighted by Gasteiger charge is -2.33. The van der Waals surface area contributed by atoms with Crippen molar-refractivity contribution in [3.63, 3.8) is 0 Å². The van der Waals surface area contributed by atoms with E-state index in [-0.39, 0.29) is 6.42 Å². The molecule has 6 heteroatoms. The highest BCUT2D eigenvalue weighted by atomic mass is 32.1. The number of aryl methyl sites for hydroxylation is 1. The van der Waals surface area contributed by atoms with Gasteiger partial charge in [-0.15, -0.1) is 11.3 Å². The molecule has 1 N–H and O–H groups in total. The summed E-state index contributed by atoms with van der Waals surface area (Å²) >= 11 is 1.70. The first-order valence-electron chi connectivity index (χ1n) is 7.76. The first-order valence-corrected chi connectivity index (χ1v) is 8.58. The van der Waals surface area contributed by atoms with Gasteiger partial charge in [0.2, 0.25) is 0 Å². The van der Waals surface area contributed by atoms with E-state index < -0.39 is 5.97 Å². The van der Waals surface area contributed by atoms with Crippen LogP contribution >= 0.6 is 11.3 Å². The molecule has 5 nitrogen and oxygen atoms in total. The standard InChI is InChI=1S/C15H25N3O2S/c1-3-5-14-16-12(10-15(19)20)13(21-14)11-18-8-6-17(4-2)7-9-18/h3-11H2,1-2H3,(H,19,20). The summed E-state index contributed by atoms with van der Waals surface area (Å²) in [5, 5.41) is 10.1. The van der Waals surface area contributed by atoms with Gasteiger partial charge < -0.3 is 10.0 Å². The highest BCUT2D eigenvalue weighted by Gasteiger charge is 2.20. The van der Waals surface area contributed by atoms with Gasteiger partial charge in [0, 0.05) is 37.6 Å². The van der Waals surface area contributed by atoms with Crippen molar-refractivity contribution in [1.82, 2.24) is 14.8 Å². The summed E-state index contributed by atoms with van der Waals surface area (Å²) in [4.78, 5) is 21.6. The quantitative estimate of drug-likeness (QED) is 0.833. The van der Waals surface area contributed by atoms with Crippen LogP contribution in [0.5, 0.6) is 0 Å². The Hall–Kier alpha value is -0.980. The number of likely N-dealkylation sites (N-methyl/N-ethyl adjacent to an activating group) is 1. The zero-order chi connectivity index (χ0) is 15.2. The van der Waals surface area contributed by atoms with Crippen LogP contribution in [-0.4, -0.2) is 58.6 Å². The number of hydrogen-bond acceptors (Lipinski definition) is 5. The van der Waals surface area contributed by atoms with Crippen molar-refractivity contribution < 1.29 is 9.90 Å². The monoisotopic (exact) mass is 311 g/mol. The van der Waals surface area contributed by atoms with E-state index in [9.17, 15) is 4.79 Å². The van der Waals surface area contributed by atoms with Gasteiger partial charge in [-0.3, -0.25) is 9.69 Å². The molecule has 2 rings (SSSR count). The lowest BCUT2D eigenvalue weighted by atomic mass is 10.2. The van der Waals surface area contributed by atoms with Crippen LogP contribution in [0.2, 0.25) is 0 Å². The van der Waals surface area contributed by atoms with E-state index in [1.54, 1.807) is 11.3 Å². The first-order chi connectivity index (χ1) is 10.1. The summed E-state index contributed by atoms with van der Waals surface area (Å²) in [5.74, 6) is -0.791. The molecule has 0 saturated carbocycles. The second-order valence-corrected chi connectivity index (χ2v) is 6.68. The van der Waals surface area contributed by atoms with Gasteiger partial charge in [0.15, 0.2) is 0 Å². The summed E-state index contributed by atoms with van der Waals surface area (Å²) < 4.78 is 0. The minimum absolute atomic E-state index is 0.0461. The fourth-order valence-corrected chi connectivity index (χ4v) is 3.86. The van der Waals surface area contributed by atoms with Crippen LogP contribution in [0.1, 0.15) is 35.8 Å². The Labute approximate surface area is 130 Å². The molecule has 1 aliphatic heterocycles. The molecule has 118 valence electrons. The van der Waals surface area contributed by atoms with E-state index in [2.05, 4.69) is 28.6 Å². The molecular formula is C15H25N3O2S. The molecule has 0 amide bonds. The van der Waals surface area contributed by atoms with Gasteiger partial charge in [-0.25, -0.2) is 4.98 Å². The second kappa shape index (κ2) is 7.87. The van der Waals surface area contributed by atoms with Crippen LogP contribution in [0.3, 0.4) is 0 Å². The predicted octanol–water partition coefficient (Wildman–Crippen LogP) is 1.86. The molecule has 0 unspecified atom stereocenters. The van der Waals surface area contributed by atoms with Crippen molar-refractivity contribution in [3.8, 4) is 0 Å². The predicted molar refractivity (Wildman–Crippen MR) is 84.8 cm³/mol. The normalized spacial score (nSPS) is 17.2. The number of nitrogens with zero attached hydrogens (tertiary/aromatic N) is 3. The lowest BCUT2D eigenvalue weighted by molar-refractivity contribution is -0.136. The lowest BCUT2D eigenvalue weighted by Crippen LogP contribution is -2.45. The smallest absolute Gasteiger partial charge is 0.309 e. The molecule has 0 bridgehead atoms. The van der Waals surface area contributed by atoms with Crippen LogP contribution in [0.15, 0.2) is 0 Å². The average molecular weight is 311 g/mol. The highest BCUT2D eigenvalue weighted by molar-refractivity contribution is 7.11. The van der Waals surface area contributed by atoms with Crippen molar-refractivity contribution in [2.24, 2.45) is 0 Å². The number of aliphatic carboxylic acids is 1. The van der Waals surface area contributed by atoms with Gasteiger partial charge in [0.05, 0.1) is 17.1 Å². The third-order valence-electron chi connectivity index (χ3n) is 3.88. The fraction of sp³-hybridized carbons (Fsp3) is 0.733. The topological polar surface area (TPSA) is 56.7 Å². The van der Waals surface area contributed by atoms with E-state index in [4.69, 9.17) is 5.11 Å². The summed E-state index contributed by atoms with van der Waals surface area (Å²) in [5.41, 5.74) is 0.772. The average Bonchev–Trinajstić information content (AvgIpc) is 2.81. The minimum Gasteiger partial charge on any atom is -0.481 e. The van der Waals surface area contributed by atoms with Gasteiger partial charge in [-0.2, -0.15) is 0 Å². The van der Waals surface area contributed by atoms with Crippen LogP contribution in [0, 0.1) is 0 Å². The van der Waals surface area contributed by atoms with Crippen LogP contribution in [0.25, 0.3) is 0 Å². The van der Waals surface area contributed by atoms with Crippen molar-refractivity contribution in [2.45, 2.75) is 39.7 Å². The number of carbonyl (C=O) groups is 1. The Balaban J connectivity index is 2.02. The SMILES string of the molecule is CCCc1nc(CC(=O)O)c(CN2CCN(CC)CC2)s1. The zero-order valence-corrected chi connectivity index (χ0v) is 13.8. The summed E-state index contributed by atoms with van der Waals surface area (Å²) in [6.45, 7) is 10.6. The van der Waals surface area contributed by atoms with Gasteiger partial charge in [-0.05, 0) is 19.4 Å². The van der Waals surface area contributed by atoms with Crippen molar-refractivity contribution in [1.29, 1.82) is 0 Å². The Morgan fingerprint density at radius 2 is 1.90 bits per heavy atom. The molecule has 1 fully saturated rings. The maximum Gasteiger partial charge on any atom is 0.309 e. The zero-order valence-electron chi connectivity index (χ0n) is 13.0. The number of piperazine rings is 1. The molecule has 1 aromatic rings. The third kappa shape index (κ3) is 4.76. The number of carboxylic acids is 1. The van der Waals surface area contributed by atoms with Crippen LogP contribution in [0.4, 0.5) is 0 Å². The Morgan fingerprint density at radius 3 is 2.48 bits per heavy atom. The number of aromatic nitrogens is 1. The van der Waals surface area contributed by atoms with Crippen molar-refractivity contribution in [2.75, 3.05) is 32.7 Å². The van der Waals surface area contributed by atoms with E-state index >= 15 is 0 Å². The molecular weight excluding hydrogens is 286 g/mol. The number of thiazole rings is 1. The highest BCUT2D eigenvalue weighted by Crippen LogP contribution is 2.23. The minimum atomic E-state index is -0.791. The van der Waals surface area contributed by atoms with E-state index in [1.165, 1.54) is 0 Å². The summed E-state index contributed by atoms with van der Waals surface area (Å²) in [7, 11) is 0. The Kier molecular flexibility index (Phi) is 6.14. The van der Waals surface area contributed by atoms with Gasteiger partial charge in [0.1, 0.15) is 0 Å². The summed E-state index contributed by atoms with van der Waals surface area (Å²) in [6, 6.07) is 0. The molecule has 0 spiro atoms. The molecule has 0 atom stereocenters. The van der Waals surface area contributed by atoms with Crippen LogP contribution < -0.4 is 0 Å². The van der Waals surface area contributed by atoms with E-state index in [0.717, 1.165) is 67.7 Å². The molecule has 1 aromatic heterocycles. The largest absolute Gasteiger partial charge is 0.481 e. The number of carboxylic acid groups (broad SMARTS) is 1. The maximum absolute atomic E-state index is 11.0. The molecule has 0 radical (unpaired) electrons. The van der Waals surface area contributed by atoms with Crippen LogP contribution in [-0.2, 0) is 24.2 Å². The fourth-order valence-electron chi connectivity index (χ4n) is 2.63. The van der Waals surface area contributed by atoms with E-state index in [1.807, 2.05) is 0 Å². The molecule has 1 aliphatic rings.